The molecule has 2 aromatic carbocycles. The van der Waals surface area contributed by atoms with Crippen molar-refractivity contribution >= 4 is 21.4 Å². The quantitative estimate of drug-likeness (QED) is 0.590. The van der Waals surface area contributed by atoms with Crippen molar-refractivity contribution in [2.45, 2.75) is 29.8 Å². The summed E-state index contributed by atoms with van der Waals surface area (Å²) in [5.74, 6) is 0.00478. The van der Waals surface area contributed by atoms with Crippen LogP contribution >= 0.6 is 0 Å². The monoisotopic (exact) mass is 429 g/mol. The summed E-state index contributed by atoms with van der Waals surface area (Å²) in [4.78, 5) is 11.9. The Morgan fingerprint density at radius 3 is 2.14 bits per heavy atom. The number of alkyl halides is 3. The fourth-order valence-electron chi connectivity index (χ4n) is 3.51. The van der Waals surface area contributed by atoms with E-state index in [0.29, 0.717) is 25.9 Å². The highest BCUT2D eigenvalue weighted by molar-refractivity contribution is 7.89. The average Bonchev–Trinajstić information content (AvgIpc) is 2.66. The predicted octanol–water partition coefficient (Wildman–Crippen LogP) is 3.65. The molecule has 1 aliphatic rings. The Morgan fingerprint density at radius 2 is 1.66 bits per heavy atom. The van der Waals surface area contributed by atoms with E-state index >= 15 is 0 Å². The summed E-state index contributed by atoms with van der Waals surface area (Å²) in [5.41, 5.74) is -0.0405. The van der Waals surface area contributed by atoms with Crippen molar-refractivity contribution in [3.05, 3.63) is 63.7 Å². The van der Waals surface area contributed by atoms with E-state index in [9.17, 15) is 31.7 Å². The highest BCUT2D eigenvalue weighted by atomic mass is 32.2. The minimum absolute atomic E-state index is 0.00478. The van der Waals surface area contributed by atoms with Crippen LogP contribution in [0.5, 0.6) is 0 Å². The van der Waals surface area contributed by atoms with Crippen LogP contribution in [0.3, 0.4) is 0 Å². The normalized spacial score (nSPS) is 16.1. The van der Waals surface area contributed by atoms with Crippen LogP contribution in [-0.4, -0.2) is 26.4 Å². The maximum absolute atomic E-state index is 12.7. The summed E-state index contributed by atoms with van der Waals surface area (Å²) >= 11 is 0. The fraction of sp³-hybridized carbons (Fsp3) is 0.333. The van der Waals surface area contributed by atoms with Crippen LogP contribution in [0.4, 0.5) is 24.5 Å². The molecular weight excluding hydrogens is 411 g/mol. The van der Waals surface area contributed by atoms with Gasteiger partial charge in [-0.1, -0.05) is 12.1 Å². The van der Waals surface area contributed by atoms with Gasteiger partial charge in [0, 0.05) is 25.2 Å². The van der Waals surface area contributed by atoms with E-state index < -0.39 is 26.7 Å². The molecule has 2 aromatic rings. The molecule has 1 heterocycles. The molecule has 0 unspecified atom stereocenters. The molecule has 0 amide bonds. The van der Waals surface area contributed by atoms with Crippen molar-refractivity contribution in [2.24, 2.45) is 5.14 Å². The zero-order chi connectivity index (χ0) is 21.4. The number of hydrogen-bond donors (Lipinski definition) is 1. The molecule has 0 bridgehead atoms. The molecule has 1 fully saturated rings. The predicted molar refractivity (Wildman–Crippen MR) is 100 cm³/mol. The molecule has 0 aromatic heterocycles. The lowest BCUT2D eigenvalue weighted by molar-refractivity contribution is -0.384. The van der Waals surface area contributed by atoms with Crippen LogP contribution in [0.2, 0.25) is 0 Å². The zero-order valence-corrected chi connectivity index (χ0v) is 15.9. The number of sulfonamides is 1. The highest BCUT2D eigenvalue weighted by Crippen LogP contribution is 2.36. The van der Waals surface area contributed by atoms with E-state index in [-0.39, 0.29) is 22.2 Å². The van der Waals surface area contributed by atoms with Gasteiger partial charge in [-0.05, 0) is 42.5 Å². The molecule has 1 saturated heterocycles. The smallest absolute Gasteiger partial charge is 0.370 e. The fourth-order valence-corrected chi connectivity index (χ4v) is 4.24. The molecule has 156 valence electrons. The lowest BCUT2D eigenvalue weighted by Crippen LogP contribution is -2.34. The zero-order valence-electron chi connectivity index (χ0n) is 15.1. The van der Waals surface area contributed by atoms with E-state index in [1.165, 1.54) is 18.2 Å². The lowest BCUT2D eigenvalue weighted by atomic mass is 9.88. The molecule has 3 rings (SSSR count). The SMILES string of the molecule is NS(=O)(=O)c1ccc([N+](=O)[O-])cc1N1CCC(c2ccc(C(F)(F)F)cc2)CC1. The minimum atomic E-state index is -4.39. The van der Waals surface area contributed by atoms with E-state index in [1.54, 1.807) is 4.90 Å². The molecule has 0 aliphatic carbocycles. The Kier molecular flexibility index (Phi) is 5.54. The first-order valence-electron chi connectivity index (χ1n) is 8.70. The van der Waals surface area contributed by atoms with E-state index in [2.05, 4.69) is 0 Å². The third-order valence-electron chi connectivity index (χ3n) is 5.00. The number of nitro groups is 1. The summed E-state index contributed by atoms with van der Waals surface area (Å²) in [6.07, 6.45) is -3.29. The Bertz CT molecular complexity index is 1020. The van der Waals surface area contributed by atoms with Crippen LogP contribution in [-0.2, 0) is 16.2 Å². The van der Waals surface area contributed by atoms with Gasteiger partial charge in [0.1, 0.15) is 4.90 Å². The van der Waals surface area contributed by atoms with Crippen LogP contribution < -0.4 is 10.0 Å². The van der Waals surface area contributed by atoms with Crippen LogP contribution in [0.1, 0.15) is 29.9 Å². The molecule has 0 spiro atoms. The number of nitrogens with two attached hydrogens (primary N) is 1. The first-order valence-corrected chi connectivity index (χ1v) is 10.2. The number of benzene rings is 2. The van der Waals surface area contributed by atoms with Gasteiger partial charge in [-0.2, -0.15) is 13.2 Å². The number of anilines is 1. The number of piperidine rings is 1. The molecule has 0 radical (unpaired) electrons. The Hall–Kier alpha value is -2.66. The first kappa shape index (κ1) is 21.1. The lowest BCUT2D eigenvalue weighted by Gasteiger charge is -2.34. The van der Waals surface area contributed by atoms with Gasteiger partial charge in [0.25, 0.3) is 5.69 Å². The Labute approximate surface area is 165 Å². The van der Waals surface area contributed by atoms with Gasteiger partial charge in [-0.3, -0.25) is 10.1 Å². The third-order valence-corrected chi connectivity index (χ3v) is 5.96. The van der Waals surface area contributed by atoms with E-state index in [0.717, 1.165) is 29.8 Å². The Balaban J connectivity index is 1.80. The maximum Gasteiger partial charge on any atom is 0.416 e. The topological polar surface area (TPSA) is 107 Å². The van der Waals surface area contributed by atoms with Gasteiger partial charge in [0.2, 0.25) is 10.0 Å². The number of nitrogens with zero attached hydrogens (tertiary/aromatic N) is 2. The van der Waals surface area contributed by atoms with Crippen molar-refractivity contribution in [3.8, 4) is 0 Å². The molecule has 0 atom stereocenters. The van der Waals surface area contributed by atoms with Gasteiger partial charge in [0.15, 0.2) is 0 Å². The summed E-state index contributed by atoms with van der Waals surface area (Å²) in [7, 11) is -4.08. The molecule has 7 nitrogen and oxygen atoms in total. The number of primary sulfonamides is 1. The van der Waals surface area contributed by atoms with Gasteiger partial charge in [0.05, 0.1) is 16.2 Å². The number of nitro benzene ring substituents is 1. The van der Waals surface area contributed by atoms with Crippen LogP contribution in [0.25, 0.3) is 0 Å². The minimum Gasteiger partial charge on any atom is -0.370 e. The van der Waals surface area contributed by atoms with Gasteiger partial charge >= 0.3 is 6.18 Å². The summed E-state index contributed by atoms with van der Waals surface area (Å²) < 4.78 is 61.9. The highest BCUT2D eigenvalue weighted by Gasteiger charge is 2.31. The second-order valence-electron chi connectivity index (χ2n) is 6.84. The summed E-state index contributed by atoms with van der Waals surface area (Å²) in [6.45, 7) is 0.769. The molecule has 2 N–H and O–H groups in total. The average molecular weight is 429 g/mol. The van der Waals surface area contributed by atoms with Gasteiger partial charge in [-0.15, -0.1) is 0 Å². The van der Waals surface area contributed by atoms with Crippen LogP contribution in [0.15, 0.2) is 47.4 Å². The van der Waals surface area contributed by atoms with Gasteiger partial charge < -0.3 is 4.90 Å². The maximum atomic E-state index is 12.7. The van der Waals surface area contributed by atoms with Crippen molar-refractivity contribution in [2.75, 3.05) is 18.0 Å². The van der Waals surface area contributed by atoms with Crippen molar-refractivity contribution in [3.63, 3.8) is 0 Å². The van der Waals surface area contributed by atoms with Crippen LogP contribution in [0, 0.1) is 10.1 Å². The molecule has 29 heavy (non-hydrogen) atoms. The standard InChI is InChI=1S/C18H18F3N3O4S/c19-18(20,21)14-3-1-12(2-4-14)13-7-9-23(10-8-13)16-11-15(24(25)26)5-6-17(16)29(22,27)28/h1-6,11,13H,7-10H2,(H2,22,27,28). The van der Waals surface area contributed by atoms with Gasteiger partial charge in [-0.25, -0.2) is 13.6 Å². The second-order valence-corrected chi connectivity index (χ2v) is 8.37. The molecule has 1 aliphatic heterocycles. The van der Waals surface area contributed by atoms with Crippen molar-refractivity contribution in [1.82, 2.24) is 0 Å². The van der Waals surface area contributed by atoms with E-state index in [1.807, 2.05) is 0 Å². The van der Waals surface area contributed by atoms with E-state index in [4.69, 9.17) is 5.14 Å². The summed E-state index contributed by atoms with van der Waals surface area (Å²) in [5, 5.41) is 16.3. The van der Waals surface area contributed by atoms with Crippen molar-refractivity contribution in [1.29, 1.82) is 0 Å². The number of halogens is 3. The number of hydrogen-bond acceptors (Lipinski definition) is 5. The molecular formula is C18H18F3N3O4S. The molecule has 11 heteroatoms. The van der Waals surface area contributed by atoms with Crippen molar-refractivity contribution < 1.29 is 26.5 Å². The first-order chi connectivity index (χ1) is 13.5. The third kappa shape index (κ3) is 4.67. The summed E-state index contributed by atoms with van der Waals surface area (Å²) in [6, 6.07) is 8.36. The second kappa shape index (κ2) is 7.64. The number of rotatable bonds is 4. The number of non-ortho nitro benzene ring substituents is 1. The molecule has 0 saturated carbocycles. The Morgan fingerprint density at radius 1 is 1.07 bits per heavy atom. The largest absolute Gasteiger partial charge is 0.416 e.